The molecule has 11 nitrogen and oxygen atoms in total. The van der Waals surface area contributed by atoms with E-state index in [2.05, 4.69) is 25.5 Å². The van der Waals surface area contributed by atoms with Gasteiger partial charge in [-0.2, -0.15) is 13.2 Å². The number of piperazine rings is 1. The molecule has 4 unspecified atom stereocenters. The van der Waals surface area contributed by atoms with Crippen LogP contribution in [0.1, 0.15) is 42.6 Å². The van der Waals surface area contributed by atoms with E-state index in [1.165, 1.54) is 12.4 Å². The summed E-state index contributed by atoms with van der Waals surface area (Å²) >= 11 is 0. The number of H-pyrrole nitrogens is 1. The molecule has 0 saturated carbocycles. The van der Waals surface area contributed by atoms with Gasteiger partial charge in [-0.1, -0.05) is 0 Å². The van der Waals surface area contributed by atoms with Crippen LogP contribution in [0, 0.1) is 11.6 Å². The van der Waals surface area contributed by atoms with Gasteiger partial charge in [0.2, 0.25) is 11.5 Å². The first-order chi connectivity index (χ1) is 21.2. The molecule has 5 rings (SSSR count). The van der Waals surface area contributed by atoms with Crippen molar-refractivity contribution in [3.63, 3.8) is 0 Å². The third-order valence-electron chi connectivity index (χ3n) is 8.18. The van der Waals surface area contributed by atoms with Crippen molar-refractivity contribution in [1.82, 2.24) is 19.9 Å². The van der Waals surface area contributed by atoms with E-state index in [1.807, 2.05) is 25.9 Å². The topological polar surface area (TPSA) is 142 Å². The molecule has 2 saturated heterocycles. The minimum atomic E-state index is -5.05. The van der Waals surface area contributed by atoms with Crippen molar-refractivity contribution < 1.29 is 31.5 Å². The Bertz CT molecular complexity index is 1610. The first-order valence-electron chi connectivity index (χ1n) is 14.3. The molecule has 0 aliphatic carbocycles. The van der Waals surface area contributed by atoms with E-state index in [1.54, 1.807) is 4.90 Å². The minimum Gasteiger partial charge on any atom is -0.367 e. The average Bonchev–Trinajstić information content (AvgIpc) is 3.40. The van der Waals surface area contributed by atoms with E-state index in [9.17, 15) is 22.8 Å². The summed E-state index contributed by atoms with van der Waals surface area (Å²) in [5.74, 6) is -3.39. The number of pyridine rings is 1. The van der Waals surface area contributed by atoms with Crippen molar-refractivity contribution in [2.75, 3.05) is 42.2 Å². The molecule has 16 heteroatoms. The fourth-order valence-corrected chi connectivity index (χ4v) is 5.55. The maximum Gasteiger partial charge on any atom is 0.417 e. The second-order valence-corrected chi connectivity index (χ2v) is 11.3. The number of benzene rings is 1. The van der Waals surface area contributed by atoms with Gasteiger partial charge in [-0.05, 0) is 33.7 Å². The molecule has 242 valence electrons. The Morgan fingerprint density at radius 2 is 1.80 bits per heavy atom. The van der Waals surface area contributed by atoms with Crippen LogP contribution < -0.4 is 26.8 Å². The summed E-state index contributed by atoms with van der Waals surface area (Å²) in [6.45, 7) is 4.82. The molecule has 4 atom stereocenters. The summed E-state index contributed by atoms with van der Waals surface area (Å²) in [6.07, 6.45) is -1.10. The SMILES string of the molecule is CC1CN(c2cc(F)c(-c3cnc(NCC4CCC(N)O4)nc3)c(F)c2NC(=O)c2c[nH]c(=O)cc2C(F)(F)F)CC(C)N1C. The van der Waals surface area contributed by atoms with Crippen molar-refractivity contribution in [2.24, 2.45) is 5.73 Å². The van der Waals surface area contributed by atoms with E-state index >= 15 is 8.78 Å². The molecule has 1 aromatic carbocycles. The first-order valence-corrected chi connectivity index (χ1v) is 14.3. The number of hydrogen-bond donors (Lipinski definition) is 4. The largest absolute Gasteiger partial charge is 0.417 e. The summed E-state index contributed by atoms with van der Waals surface area (Å²) in [7, 11) is 1.91. The van der Waals surface area contributed by atoms with Gasteiger partial charge in [0.1, 0.15) is 17.7 Å². The number of nitrogens with one attached hydrogen (secondary N) is 3. The first kappa shape index (κ1) is 32.2. The molecular formula is C29H33F5N8O3. The number of hydrogen-bond acceptors (Lipinski definition) is 9. The second kappa shape index (κ2) is 12.7. The van der Waals surface area contributed by atoms with Crippen LogP contribution >= 0.6 is 0 Å². The highest BCUT2D eigenvalue weighted by Crippen LogP contribution is 2.40. The van der Waals surface area contributed by atoms with E-state index in [0.717, 1.165) is 12.5 Å². The third-order valence-corrected chi connectivity index (χ3v) is 8.18. The van der Waals surface area contributed by atoms with E-state index < -0.39 is 51.7 Å². The number of alkyl halides is 3. The Hall–Kier alpha value is -4.15. The standard InChI is InChI=1S/C29H33F5N8O3/c1-14-12-42(13-15(2)41(14)3)21-7-20(30)24(16-8-37-28(38-9-16)39-10-17-4-5-22(35)45-17)25(31)26(21)40-27(44)18-11-36-23(43)6-19(18)29(32,33)34/h6-9,11,14-15,17,22H,4-5,10,12-13,35H2,1-3H3,(H,36,43)(H,40,44)(H,37,38,39). The maximum absolute atomic E-state index is 16.4. The second-order valence-electron chi connectivity index (χ2n) is 11.3. The van der Waals surface area contributed by atoms with Crippen molar-refractivity contribution in [2.45, 2.75) is 57.3 Å². The van der Waals surface area contributed by atoms with Gasteiger partial charge in [0.15, 0.2) is 5.82 Å². The van der Waals surface area contributed by atoms with Gasteiger partial charge < -0.3 is 31.0 Å². The predicted molar refractivity (Wildman–Crippen MR) is 157 cm³/mol. The summed E-state index contributed by atoms with van der Waals surface area (Å²) in [5, 5.41) is 5.21. The monoisotopic (exact) mass is 636 g/mol. The highest BCUT2D eigenvalue weighted by Gasteiger charge is 2.37. The fourth-order valence-electron chi connectivity index (χ4n) is 5.55. The predicted octanol–water partition coefficient (Wildman–Crippen LogP) is 3.79. The molecule has 0 spiro atoms. The van der Waals surface area contributed by atoms with Gasteiger partial charge in [0.25, 0.3) is 5.91 Å². The number of nitrogens with zero attached hydrogens (tertiary/aromatic N) is 4. The molecule has 3 aromatic rings. The normalized spacial score (nSPS) is 22.5. The number of carbonyl (C=O) groups excluding carboxylic acids is 1. The Balaban J connectivity index is 1.52. The Morgan fingerprint density at radius 3 is 2.40 bits per heavy atom. The minimum absolute atomic E-state index is 0.0548. The Labute approximate surface area is 255 Å². The molecular weight excluding hydrogens is 603 g/mol. The van der Waals surface area contributed by atoms with Crippen molar-refractivity contribution in [3.8, 4) is 11.1 Å². The van der Waals surface area contributed by atoms with Gasteiger partial charge in [0.05, 0.1) is 28.5 Å². The summed E-state index contributed by atoms with van der Waals surface area (Å²) in [6, 6.07) is 1.16. The molecule has 4 heterocycles. The number of amides is 1. The number of aromatic amines is 1. The number of carbonyl (C=O) groups is 1. The van der Waals surface area contributed by atoms with Crippen LogP contribution in [0.4, 0.5) is 39.3 Å². The van der Waals surface area contributed by atoms with E-state index in [0.29, 0.717) is 32.3 Å². The van der Waals surface area contributed by atoms with Gasteiger partial charge in [-0.3, -0.25) is 14.5 Å². The van der Waals surface area contributed by atoms with Crippen LogP contribution in [0.25, 0.3) is 11.1 Å². The summed E-state index contributed by atoms with van der Waals surface area (Å²) in [5.41, 5.74) is 0.981. The number of aromatic nitrogens is 3. The molecule has 2 aliphatic heterocycles. The zero-order chi connectivity index (χ0) is 32.6. The molecule has 0 bridgehead atoms. The molecule has 5 N–H and O–H groups in total. The molecule has 2 fully saturated rings. The lowest BCUT2D eigenvalue weighted by Gasteiger charge is -2.44. The van der Waals surface area contributed by atoms with E-state index in [4.69, 9.17) is 10.5 Å². The van der Waals surface area contributed by atoms with Gasteiger partial charge >= 0.3 is 6.18 Å². The molecule has 0 radical (unpaired) electrons. The average molecular weight is 637 g/mol. The van der Waals surface area contributed by atoms with Gasteiger partial charge in [0, 0.05) is 68.0 Å². The quantitative estimate of drug-likeness (QED) is 0.285. The Kier molecular flexibility index (Phi) is 9.09. The number of likely N-dealkylation sites (N-methyl/N-ethyl adjacent to an activating group) is 1. The highest BCUT2D eigenvalue weighted by molar-refractivity contribution is 6.07. The van der Waals surface area contributed by atoms with Crippen LogP contribution in [-0.4, -0.2) is 76.9 Å². The van der Waals surface area contributed by atoms with Crippen molar-refractivity contribution >= 4 is 23.2 Å². The van der Waals surface area contributed by atoms with Crippen LogP contribution in [0.3, 0.4) is 0 Å². The fraction of sp³-hybridized carbons (Fsp3) is 0.448. The van der Waals surface area contributed by atoms with Crippen molar-refractivity contribution in [1.29, 1.82) is 0 Å². The van der Waals surface area contributed by atoms with Crippen LogP contribution in [-0.2, 0) is 10.9 Å². The summed E-state index contributed by atoms with van der Waals surface area (Å²) in [4.78, 5) is 39.0. The molecule has 2 aliphatic rings. The van der Waals surface area contributed by atoms with Crippen LogP contribution in [0.15, 0.2) is 35.5 Å². The summed E-state index contributed by atoms with van der Waals surface area (Å²) < 4.78 is 78.9. The molecule has 1 amide bonds. The Morgan fingerprint density at radius 1 is 1.13 bits per heavy atom. The molecule has 2 aromatic heterocycles. The number of halogens is 5. The maximum atomic E-state index is 16.4. The van der Waals surface area contributed by atoms with Gasteiger partial charge in [-0.25, -0.2) is 18.7 Å². The van der Waals surface area contributed by atoms with E-state index in [-0.39, 0.29) is 47.7 Å². The van der Waals surface area contributed by atoms with Crippen LogP contribution in [0.5, 0.6) is 0 Å². The number of rotatable bonds is 7. The smallest absolute Gasteiger partial charge is 0.367 e. The van der Waals surface area contributed by atoms with Crippen molar-refractivity contribution in [3.05, 3.63) is 63.8 Å². The zero-order valence-corrected chi connectivity index (χ0v) is 24.7. The lowest BCUT2D eigenvalue weighted by Crippen LogP contribution is -2.55. The van der Waals surface area contributed by atoms with Gasteiger partial charge in [-0.15, -0.1) is 0 Å². The molecule has 45 heavy (non-hydrogen) atoms. The lowest BCUT2D eigenvalue weighted by molar-refractivity contribution is -0.138. The number of anilines is 3. The zero-order valence-electron chi connectivity index (χ0n) is 24.7. The van der Waals surface area contributed by atoms with Crippen LogP contribution in [0.2, 0.25) is 0 Å². The number of ether oxygens (including phenoxy) is 1. The number of nitrogens with two attached hydrogens (primary N) is 1. The lowest BCUT2D eigenvalue weighted by atomic mass is 10.0. The third kappa shape index (κ3) is 6.92. The highest BCUT2D eigenvalue weighted by atomic mass is 19.4.